The molecular formula is C26H24F2N2O3. The van der Waals surface area contributed by atoms with Gasteiger partial charge in [0.1, 0.15) is 22.9 Å². The van der Waals surface area contributed by atoms with Gasteiger partial charge >= 0.3 is 0 Å². The normalized spacial score (nSPS) is 17.5. The number of halogens is 2. The number of carbonyl (C=O) groups is 2. The van der Waals surface area contributed by atoms with E-state index in [-0.39, 0.29) is 36.9 Å². The van der Waals surface area contributed by atoms with Crippen molar-refractivity contribution in [2.75, 3.05) is 7.11 Å². The Morgan fingerprint density at radius 3 is 2.45 bits per heavy atom. The minimum atomic E-state index is -1.27. The number of rotatable bonds is 6. The van der Waals surface area contributed by atoms with Crippen LogP contribution in [0, 0.1) is 11.6 Å². The largest absolute Gasteiger partial charge is 0.496 e. The number of nitrogens with one attached hydrogen (secondary N) is 1. The van der Waals surface area contributed by atoms with E-state index in [1.54, 1.807) is 32.2 Å². The Kier molecular flexibility index (Phi) is 6.14. The van der Waals surface area contributed by atoms with Crippen molar-refractivity contribution in [3.63, 3.8) is 0 Å². The number of hydrogen-bond acceptors (Lipinski definition) is 3. The summed E-state index contributed by atoms with van der Waals surface area (Å²) < 4.78 is 33.0. The van der Waals surface area contributed by atoms with Crippen LogP contribution < -0.4 is 10.1 Å². The van der Waals surface area contributed by atoms with Gasteiger partial charge in [-0.05, 0) is 42.3 Å². The summed E-state index contributed by atoms with van der Waals surface area (Å²) >= 11 is 0. The van der Waals surface area contributed by atoms with E-state index in [0.29, 0.717) is 11.3 Å². The Bertz CT molecular complexity index is 1190. The van der Waals surface area contributed by atoms with Gasteiger partial charge in [-0.2, -0.15) is 0 Å². The maximum Gasteiger partial charge on any atom is 0.255 e. The first-order chi connectivity index (χ1) is 15.8. The zero-order valence-corrected chi connectivity index (χ0v) is 18.4. The maximum atomic E-state index is 13.8. The Balaban J connectivity index is 1.67. The topological polar surface area (TPSA) is 58.6 Å². The molecule has 0 spiro atoms. The standard InChI is InChI=1S/C26H24F2N2O3/c1-26(25(32)29-15-19-8-4-6-10-23(19)33-2)14-18-7-3-5-9-22(18)24(31)30(26)16-17-11-20(27)13-21(28)12-17/h3-13H,14-16H2,1-2H3,(H,29,32)/t26-/m1/s1. The molecule has 1 aliphatic heterocycles. The molecule has 1 heterocycles. The van der Waals surface area contributed by atoms with Crippen molar-refractivity contribution >= 4 is 11.8 Å². The number of carbonyl (C=O) groups excluding carboxylic acids is 2. The van der Waals surface area contributed by atoms with Crippen molar-refractivity contribution in [1.82, 2.24) is 10.2 Å². The van der Waals surface area contributed by atoms with Gasteiger partial charge in [0.2, 0.25) is 5.91 Å². The second-order valence-electron chi connectivity index (χ2n) is 8.27. The van der Waals surface area contributed by atoms with Gasteiger partial charge in [0.15, 0.2) is 0 Å². The molecule has 0 bridgehead atoms. The quantitative estimate of drug-likeness (QED) is 0.611. The number of para-hydroxylation sites is 1. The summed E-state index contributed by atoms with van der Waals surface area (Å²) in [5.41, 5.74) is 1.02. The SMILES string of the molecule is COc1ccccc1CNC(=O)[C@@]1(C)Cc2ccccc2C(=O)N1Cc1cc(F)cc(F)c1. The van der Waals surface area contributed by atoms with E-state index in [1.807, 2.05) is 30.3 Å². The summed E-state index contributed by atoms with van der Waals surface area (Å²) in [5.74, 6) is -1.57. The molecule has 4 rings (SSSR count). The minimum absolute atomic E-state index is 0.111. The monoisotopic (exact) mass is 450 g/mol. The van der Waals surface area contributed by atoms with E-state index in [1.165, 1.54) is 17.0 Å². The van der Waals surface area contributed by atoms with Crippen LogP contribution in [0.25, 0.3) is 0 Å². The van der Waals surface area contributed by atoms with E-state index in [9.17, 15) is 18.4 Å². The van der Waals surface area contributed by atoms with E-state index in [4.69, 9.17) is 4.74 Å². The van der Waals surface area contributed by atoms with Crippen molar-refractivity contribution < 1.29 is 23.1 Å². The maximum absolute atomic E-state index is 13.8. The van der Waals surface area contributed by atoms with E-state index in [2.05, 4.69) is 5.32 Å². The average molecular weight is 450 g/mol. The van der Waals surface area contributed by atoms with Gasteiger partial charge in [0.25, 0.3) is 5.91 Å². The fourth-order valence-electron chi connectivity index (χ4n) is 4.27. The summed E-state index contributed by atoms with van der Waals surface area (Å²) in [6.07, 6.45) is 0.268. The lowest BCUT2D eigenvalue weighted by molar-refractivity contribution is -0.132. The van der Waals surface area contributed by atoms with E-state index < -0.39 is 17.2 Å². The van der Waals surface area contributed by atoms with Crippen molar-refractivity contribution in [3.05, 3.63) is 101 Å². The van der Waals surface area contributed by atoms with Crippen LogP contribution >= 0.6 is 0 Å². The molecule has 3 aromatic carbocycles. The van der Waals surface area contributed by atoms with Gasteiger partial charge in [-0.1, -0.05) is 36.4 Å². The van der Waals surface area contributed by atoms with Gasteiger partial charge in [0, 0.05) is 36.7 Å². The fourth-order valence-corrected chi connectivity index (χ4v) is 4.27. The Hall–Kier alpha value is -3.74. The highest BCUT2D eigenvalue weighted by molar-refractivity contribution is 6.02. The van der Waals surface area contributed by atoms with Crippen LogP contribution in [0.15, 0.2) is 66.7 Å². The van der Waals surface area contributed by atoms with Crippen LogP contribution in [0.1, 0.15) is 34.0 Å². The molecular weight excluding hydrogens is 426 g/mol. The third kappa shape index (κ3) is 4.44. The van der Waals surface area contributed by atoms with Gasteiger partial charge in [-0.15, -0.1) is 0 Å². The summed E-state index contributed by atoms with van der Waals surface area (Å²) in [6, 6.07) is 17.5. The predicted octanol–water partition coefficient (Wildman–Crippen LogP) is 4.25. The number of ether oxygens (including phenoxy) is 1. The molecule has 170 valence electrons. The van der Waals surface area contributed by atoms with Gasteiger partial charge in [-0.3, -0.25) is 9.59 Å². The molecule has 2 amide bonds. The fraction of sp³-hybridized carbons (Fsp3) is 0.231. The predicted molar refractivity (Wildman–Crippen MR) is 120 cm³/mol. The Morgan fingerprint density at radius 2 is 1.73 bits per heavy atom. The second-order valence-corrected chi connectivity index (χ2v) is 8.27. The summed E-state index contributed by atoms with van der Waals surface area (Å²) in [4.78, 5) is 28.3. The molecule has 0 fully saturated rings. The molecule has 0 saturated carbocycles. The lowest BCUT2D eigenvalue weighted by atomic mass is 9.82. The van der Waals surface area contributed by atoms with Crippen molar-refractivity contribution in [2.24, 2.45) is 0 Å². The van der Waals surface area contributed by atoms with Crippen LogP contribution in [0.3, 0.4) is 0 Å². The highest BCUT2D eigenvalue weighted by Gasteiger charge is 2.46. The van der Waals surface area contributed by atoms with Gasteiger partial charge in [-0.25, -0.2) is 8.78 Å². The third-order valence-corrected chi connectivity index (χ3v) is 6.01. The minimum Gasteiger partial charge on any atom is -0.496 e. The zero-order chi connectivity index (χ0) is 23.6. The van der Waals surface area contributed by atoms with Crippen LogP contribution in [0.4, 0.5) is 8.78 Å². The van der Waals surface area contributed by atoms with Crippen molar-refractivity contribution in [2.45, 2.75) is 32.0 Å². The number of amides is 2. The highest BCUT2D eigenvalue weighted by Crippen LogP contribution is 2.33. The molecule has 33 heavy (non-hydrogen) atoms. The first kappa shape index (κ1) is 22.5. The molecule has 0 radical (unpaired) electrons. The van der Waals surface area contributed by atoms with Gasteiger partial charge in [0.05, 0.1) is 7.11 Å². The van der Waals surface area contributed by atoms with E-state index in [0.717, 1.165) is 17.2 Å². The zero-order valence-electron chi connectivity index (χ0n) is 18.4. The number of methoxy groups -OCH3 is 1. The Morgan fingerprint density at radius 1 is 1.06 bits per heavy atom. The molecule has 0 saturated heterocycles. The molecule has 7 heteroatoms. The van der Waals surface area contributed by atoms with Crippen molar-refractivity contribution in [1.29, 1.82) is 0 Å². The number of fused-ring (bicyclic) bond motifs is 1. The molecule has 0 aromatic heterocycles. The molecule has 1 aliphatic rings. The van der Waals surface area contributed by atoms with Crippen LogP contribution in [-0.4, -0.2) is 29.4 Å². The summed E-state index contributed by atoms with van der Waals surface area (Å²) in [5, 5.41) is 2.91. The summed E-state index contributed by atoms with van der Waals surface area (Å²) in [6.45, 7) is 1.77. The lowest BCUT2D eigenvalue weighted by Gasteiger charge is -2.44. The first-order valence-corrected chi connectivity index (χ1v) is 10.6. The highest BCUT2D eigenvalue weighted by atomic mass is 19.1. The smallest absolute Gasteiger partial charge is 0.255 e. The molecule has 5 nitrogen and oxygen atoms in total. The molecule has 3 aromatic rings. The lowest BCUT2D eigenvalue weighted by Crippen LogP contribution is -2.62. The third-order valence-electron chi connectivity index (χ3n) is 6.01. The number of benzene rings is 3. The average Bonchev–Trinajstić information content (AvgIpc) is 2.79. The molecule has 1 atom stereocenters. The van der Waals surface area contributed by atoms with Crippen LogP contribution in [-0.2, 0) is 24.3 Å². The van der Waals surface area contributed by atoms with Crippen LogP contribution in [0.2, 0.25) is 0 Å². The molecule has 1 N–H and O–H groups in total. The Labute approximate surface area is 191 Å². The molecule has 0 aliphatic carbocycles. The van der Waals surface area contributed by atoms with Gasteiger partial charge < -0.3 is 15.0 Å². The molecule has 0 unspecified atom stereocenters. The second kappa shape index (κ2) is 9.02. The van der Waals surface area contributed by atoms with E-state index >= 15 is 0 Å². The van der Waals surface area contributed by atoms with Crippen LogP contribution in [0.5, 0.6) is 5.75 Å². The van der Waals surface area contributed by atoms with Crippen molar-refractivity contribution in [3.8, 4) is 5.75 Å². The summed E-state index contributed by atoms with van der Waals surface area (Å²) in [7, 11) is 1.55. The number of hydrogen-bond donors (Lipinski definition) is 1. The number of nitrogens with zero attached hydrogens (tertiary/aromatic N) is 1. The first-order valence-electron chi connectivity index (χ1n) is 10.6.